The van der Waals surface area contributed by atoms with Crippen LogP contribution in [0.25, 0.3) is 0 Å². The molecule has 0 unspecified atom stereocenters. The van der Waals surface area contributed by atoms with Gasteiger partial charge in [0.2, 0.25) is 0 Å². The maximum absolute atomic E-state index is 10.9. The van der Waals surface area contributed by atoms with E-state index in [9.17, 15) is 4.79 Å². The highest BCUT2D eigenvalue weighted by atomic mass is 35.5. The van der Waals surface area contributed by atoms with Crippen molar-refractivity contribution in [1.29, 1.82) is 0 Å². The Morgan fingerprint density at radius 3 is 3.00 bits per heavy atom. The molecule has 0 N–H and O–H groups in total. The van der Waals surface area contributed by atoms with E-state index >= 15 is 0 Å². The van der Waals surface area contributed by atoms with E-state index in [1.165, 1.54) is 6.26 Å². The van der Waals surface area contributed by atoms with Crippen molar-refractivity contribution in [3.63, 3.8) is 0 Å². The molecule has 10 heavy (non-hydrogen) atoms. The van der Waals surface area contributed by atoms with Gasteiger partial charge in [-0.2, -0.15) is 0 Å². The smallest absolute Gasteiger partial charge is 0.182 e. The van der Waals surface area contributed by atoms with Crippen LogP contribution in [-0.4, -0.2) is 16.8 Å². The molecule has 0 radical (unpaired) electrons. The summed E-state index contributed by atoms with van der Waals surface area (Å²) in [5.74, 6) is -0.178. The van der Waals surface area contributed by atoms with E-state index in [0.29, 0.717) is 11.3 Å². The Bertz CT molecular complexity index is 244. The second kappa shape index (κ2) is 2.84. The SMILES string of the molecule is Cc1nocc1C(=O)CCl. The van der Waals surface area contributed by atoms with Crippen molar-refractivity contribution in [3.8, 4) is 0 Å². The van der Waals surface area contributed by atoms with Crippen LogP contribution >= 0.6 is 11.6 Å². The number of alkyl halides is 1. The lowest BCUT2D eigenvalue weighted by Gasteiger charge is -1.87. The largest absolute Gasteiger partial charge is 0.364 e. The van der Waals surface area contributed by atoms with Gasteiger partial charge < -0.3 is 4.52 Å². The third-order valence-corrected chi connectivity index (χ3v) is 1.41. The van der Waals surface area contributed by atoms with Crippen LogP contribution in [0, 0.1) is 6.92 Å². The van der Waals surface area contributed by atoms with Crippen LogP contribution in [0.3, 0.4) is 0 Å². The van der Waals surface area contributed by atoms with Crippen molar-refractivity contribution in [2.45, 2.75) is 6.92 Å². The van der Waals surface area contributed by atoms with Crippen molar-refractivity contribution in [1.82, 2.24) is 5.16 Å². The number of hydrogen-bond acceptors (Lipinski definition) is 3. The number of hydrogen-bond donors (Lipinski definition) is 0. The summed E-state index contributed by atoms with van der Waals surface area (Å²) < 4.78 is 4.54. The summed E-state index contributed by atoms with van der Waals surface area (Å²) in [4.78, 5) is 10.9. The summed E-state index contributed by atoms with van der Waals surface area (Å²) in [5, 5.41) is 3.53. The van der Waals surface area contributed by atoms with E-state index in [0.717, 1.165) is 0 Å². The van der Waals surface area contributed by atoms with Gasteiger partial charge in [0.1, 0.15) is 6.26 Å². The summed E-state index contributed by atoms with van der Waals surface area (Å²) in [6.45, 7) is 1.70. The minimum Gasteiger partial charge on any atom is -0.364 e. The number of rotatable bonds is 2. The highest BCUT2D eigenvalue weighted by Gasteiger charge is 2.10. The quantitative estimate of drug-likeness (QED) is 0.484. The Morgan fingerprint density at radius 2 is 2.60 bits per heavy atom. The molecule has 54 valence electrons. The molecule has 4 heteroatoms. The topological polar surface area (TPSA) is 43.1 Å². The number of aromatic nitrogens is 1. The number of aryl methyl sites for hydroxylation is 1. The average molecular weight is 160 g/mol. The predicted molar refractivity (Wildman–Crippen MR) is 36.3 cm³/mol. The second-order valence-electron chi connectivity index (χ2n) is 1.87. The molecule has 0 aliphatic carbocycles. The van der Waals surface area contributed by atoms with Gasteiger partial charge in [-0.05, 0) is 6.92 Å². The summed E-state index contributed by atoms with van der Waals surface area (Å²) >= 11 is 5.30. The second-order valence-corrected chi connectivity index (χ2v) is 2.14. The number of Topliss-reactive ketones (excluding diaryl/α,β-unsaturated/α-hetero) is 1. The van der Waals surface area contributed by atoms with E-state index in [2.05, 4.69) is 9.68 Å². The summed E-state index contributed by atoms with van der Waals surface area (Å²) in [5.41, 5.74) is 1.06. The van der Waals surface area contributed by atoms with Gasteiger partial charge in [0.25, 0.3) is 0 Å². The van der Waals surface area contributed by atoms with Crippen LogP contribution in [0.2, 0.25) is 0 Å². The fraction of sp³-hybridized carbons (Fsp3) is 0.333. The Kier molecular flexibility index (Phi) is 2.06. The number of nitrogens with zero attached hydrogens (tertiary/aromatic N) is 1. The van der Waals surface area contributed by atoms with Crippen molar-refractivity contribution >= 4 is 17.4 Å². The third-order valence-electron chi connectivity index (χ3n) is 1.17. The highest BCUT2D eigenvalue weighted by Crippen LogP contribution is 2.06. The predicted octanol–water partition coefficient (Wildman–Crippen LogP) is 1.40. The lowest BCUT2D eigenvalue weighted by Crippen LogP contribution is -1.99. The van der Waals surface area contributed by atoms with Gasteiger partial charge in [-0.1, -0.05) is 5.16 Å². The van der Waals surface area contributed by atoms with Gasteiger partial charge in [-0.15, -0.1) is 11.6 Å². The van der Waals surface area contributed by atoms with Crippen molar-refractivity contribution in [2.75, 3.05) is 5.88 Å². The number of halogens is 1. The van der Waals surface area contributed by atoms with E-state index in [4.69, 9.17) is 11.6 Å². The first-order valence-electron chi connectivity index (χ1n) is 2.76. The van der Waals surface area contributed by atoms with Gasteiger partial charge in [0.15, 0.2) is 5.78 Å². The molecule has 0 saturated heterocycles. The molecule has 0 atom stereocenters. The highest BCUT2D eigenvalue weighted by molar-refractivity contribution is 6.30. The Hall–Kier alpha value is -0.830. The molecular weight excluding hydrogens is 154 g/mol. The minimum absolute atomic E-state index is 0.0257. The van der Waals surface area contributed by atoms with Gasteiger partial charge in [-0.25, -0.2) is 0 Å². The van der Waals surface area contributed by atoms with Gasteiger partial charge in [0.05, 0.1) is 17.1 Å². The molecule has 1 heterocycles. The average Bonchev–Trinajstić information content (AvgIpc) is 2.34. The Labute approximate surface area is 63.0 Å². The molecule has 0 spiro atoms. The van der Waals surface area contributed by atoms with Crippen molar-refractivity contribution in [2.24, 2.45) is 0 Å². The van der Waals surface area contributed by atoms with Crippen LogP contribution < -0.4 is 0 Å². The first-order chi connectivity index (χ1) is 4.75. The van der Waals surface area contributed by atoms with Crippen LogP contribution in [-0.2, 0) is 0 Å². The normalized spacial score (nSPS) is 9.80. The molecule has 1 rings (SSSR count). The molecule has 3 nitrogen and oxygen atoms in total. The van der Waals surface area contributed by atoms with Crippen LogP contribution in [0.15, 0.2) is 10.8 Å². The zero-order valence-corrected chi connectivity index (χ0v) is 6.18. The monoisotopic (exact) mass is 159 g/mol. The molecule has 1 aromatic rings. The minimum atomic E-state index is -0.152. The molecular formula is C6H6ClNO2. The third kappa shape index (κ3) is 1.19. The van der Waals surface area contributed by atoms with E-state index in [-0.39, 0.29) is 11.7 Å². The summed E-state index contributed by atoms with van der Waals surface area (Å²) in [6.07, 6.45) is 1.31. The van der Waals surface area contributed by atoms with Gasteiger partial charge >= 0.3 is 0 Å². The zero-order chi connectivity index (χ0) is 7.56. The van der Waals surface area contributed by atoms with Crippen LogP contribution in [0.4, 0.5) is 0 Å². The molecule has 0 amide bonds. The number of ketones is 1. The summed E-state index contributed by atoms with van der Waals surface area (Å²) in [7, 11) is 0. The standard InChI is InChI=1S/C6H6ClNO2/c1-4-5(3-10-8-4)6(9)2-7/h3H,2H2,1H3. The van der Waals surface area contributed by atoms with Crippen molar-refractivity contribution in [3.05, 3.63) is 17.5 Å². The van der Waals surface area contributed by atoms with E-state index < -0.39 is 0 Å². The Morgan fingerprint density at radius 1 is 1.90 bits per heavy atom. The van der Waals surface area contributed by atoms with E-state index in [1.807, 2.05) is 0 Å². The molecule has 0 saturated carbocycles. The molecule has 1 aromatic heterocycles. The lowest BCUT2D eigenvalue weighted by atomic mass is 10.2. The fourth-order valence-corrected chi connectivity index (χ4v) is 0.776. The zero-order valence-electron chi connectivity index (χ0n) is 5.43. The molecule has 0 aromatic carbocycles. The van der Waals surface area contributed by atoms with Gasteiger partial charge in [0, 0.05) is 0 Å². The number of carbonyl (C=O) groups excluding carboxylic acids is 1. The first kappa shape index (κ1) is 7.28. The van der Waals surface area contributed by atoms with Crippen LogP contribution in [0.5, 0.6) is 0 Å². The molecule has 0 bridgehead atoms. The van der Waals surface area contributed by atoms with Gasteiger partial charge in [-0.3, -0.25) is 4.79 Å². The molecule has 0 aliphatic rings. The number of carbonyl (C=O) groups is 1. The molecule has 0 fully saturated rings. The van der Waals surface area contributed by atoms with Crippen LogP contribution in [0.1, 0.15) is 16.1 Å². The fourth-order valence-electron chi connectivity index (χ4n) is 0.632. The maximum Gasteiger partial charge on any atom is 0.182 e. The lowest BCUT2D eigenvalue weighted by molar-refractivity contribution is 0.102. The first-order valence-corrected chi connectivity index (χ1v) is 3.29. The molecule has 0 aliphatic heterocycles. The van der Waals surface area contributed by atoms with E-state index in [1.54, 1.807) is 6.92 Å². The maximum atomic E-state index is 10.9. The summed E-state index contributed by atoms with van der Waals surface area (Å²) in [6, 6.07) is 0. The Balaban J connectivity index is 2.93. The van der Waals surface area contributed by atoms with Crippen molar-refractivity contribution < 1.29 is 9.32 Å².